The van der Waals surface area contributed by atoms with Gasteiger partial charge in [-0.15, -0.1) is 10.2 Å². The fraction of sp³-hybridized carbons (Fsp3) is 0.750. The molecule has 0 radical (unpaired) electrons. The normalized spacial score (nSPS) is 20.1. The van der Waals surface area contributed by atoms with E-state index in [1.54, 1.807) is 0 Å². The summed E-state index contributed by atoms with van der Waals surface area (Å²) < 4.78 is 0. The number of hydrogen-bond acceptors (Lipinski definition) is 6. The van der Waals surface area contributed by atoms with Crippen molar-refractivity contribution in [1.82, 2.24) is 15.1 Å². The molecule has 0 bridgehead atoms. The van der Waals surface area contributed by atoms with Gasteiger partial charge in [0.05, 0.1) is 12.6 Å². The highest BCUT2D eigenvalue weighted by atomic mass is 32.1. The molecule has 14 heavy (non-hydrogen) atoms. The molecule has 0 saturated carbocycles. The molecule has 0 amide bonds. The van der Waals surface area contributed by atoms with Crippen LogP contribution in [0.4, 0.5) is 5.13 Å². The number of piperidine rings is 1. The molecule has 0 aliphatic carbocycles. The minimum Gasteiger partial charge on any atom is -0.393 e. The SMILES string of the molecule is Nc1nnc(CN2CCC(O)CC2)s1. The van der Waals surface area contributed by atoms with Gasteiger partial charge < -0.3 is 10.8 Å². The Bertz CT molecular complexity index is 295. The van der Waals surface area contributed by atoms with Gasteiger partial charge in [0, 0.05) is 13.1 Å². The predicted octanol–water partition coefficient (Wildman–Crippen LogP) is 0.0770. The van der Waals surface area contributed by atoms with Gasteiger partial charge in [-0.25, -0.2) is 0 Å². The number of hydrogen-bond donors (Lipinski definition) is 2. The van der Waals surface area contributed by atoms with E-state index in [1.807, 2.05) is 0 Å². The lowest BCUT2D eigenvalue weighted by atomic mass is 10.1. The Balaban J connectivity index is 1.86. The molecule has 0 aromatic carbocycles. The maximum atomic E-state index is 9.33. The molecule has 2 rings (SSSR count). The maximum absolute atomic E-state index is 9.33. The van der Waals surface area contributed by atoms with Gasteiger partial charge in [-0.2, -0.15) is 0 Å². The standard InChI is InChI=1S/C8H14N4OS/c9-8-11-10-7(14-8)5-12-3-1-6(13)2-4-12/h6,13H,1-5H2,(H2,9,11). The van der Waals surface area contributed by atoms with Gasteiger partial charge in [0.25, 0.3) is 0 Å². The lowest BCUT2D eigenvalue weighted by Gasteiger charge is -2.28. The fourth-order valence-corrected chi connectivity index (χ4v) is 2.25. The average Bonchev–Trinajstić information content (AvgIpc) is 2.56. The van der Waals surface area contributed by atoms with Crippen molar-refractivity contribution in [2.75, 3.05) is 18.8 Å². The Hall–Kier alpha value is -0.720. The molecule has 1 aliphatic heterocycles. The van der Waals surface area contributed by atoms with Crippen LogP contribution in [0, 0.1) is 0 Å². The lowest BCUT2D eigenvalue weighted by molar-refractivity contribution is 0.0791. The lowest BCUT2D eigenvalue weighted by Crippen LogP contribution is -2.35. The van der Waals surface area contributed by atoms with Gasteiger partial charge in [-0.05, 0) is 12.8 Å². The van der Waals surface area contributed by atoms with Crippen molar-refractivity contribution in [3.63, 3.8) is 0 Å². The zero-order chi connectivity index (χ0) is 9.97. The van der Waals surface area contributed by atoms with Gasteiger partial charge in [-0.3, -0.25) is 4.90 Å². The third-order valence-electron chi connectivity index (χ3n) is 2.40. The molecule has 1 saturated heterocycles. The molecule has 3 N–H and O–H groups in total. The van der Waals surface area contributed by atoms with Crippen LogP contribution in [0.25, 0.3) is 0 Å². The summed E-state index contributed by atoms with van der Waals surface area (Å²) in [7, 11) is 0. The molecule has 78 valence electrons. The smallest absolute Gasteiger partial charge is 0.203 e. The molecular formula is C8H14N4OS. The zero-order valence-electron chi connectivity index (χ0n) is 7.89. The van der Waals surface area contributed by atoms with Crippen LogP contribution in [0.3, 0.4) is 0 Å². The first kappa shape index (κ1) is 9.82. The van der Waals surface area contributed by atoms with E-state index in [2.05, 4.69) is 15.1 Å². The highest BCUT2D eigenvalue weighted by molar-refractivity contribution is 7.15. The number of rotatable bonds is 2. The minimum atomic E-state index is -0.120. The Kier molecular flexibility index (Phi) is 2.95. The molecular weight excluding hydrogens is 200 g/mol. The fourth-order valence-electron chi connectivity index (χ4n) is 1.60. The van der Waals surface area contributed by atoms with Crippen molar-refractivity contribution in [3.8, 4) is 0 Å². The van der Waals surface area contributed by atoms with Crippen LogP contribution in [0.15, 0.2) is 0 Å². The van der Waals surface area contributed by atoms with E-state index in [0.717, 1.165) is 37.5 Å². The summed E-state index contributed by atoms with van der Waals surface area (Å²) in [5.74, 6) is 0. The molecule has 1 aromatic heterocycles. The number of aliphatic hydroxyl groups is 1. The molecule has 0 unspecified atom stereocenters. The molecule has 1 fully saturated rings. The van der Waals surface area contributed by atoms with Gasteiger partial charge in [0.15, 0.2) is 0 Å². The second-order valence-electron chi connectivity index (χ2n) is 3.54. The quantitative estimate of drug-likeness (QED) is 0.729. The van der Waals surface area contributed by atoms with E-state index in [-0.39, 0.29) is 6.10 Å². The number of aromatic nitrogens is 2. The molecule has 1 aromatic rings. The topological polar surface area (TPSA) is 75.3 Å². The zero-order valence-corrected chi connectivity index (χ0v) is 8.70. The van der Waals surface area contributed by atoms with Gasteiger partial charge in [0.1, 0.15) is 5.01 Å². The van der Waals surface area contributed by atoms with E-state index in [9.17, 15) is 5.11 Å². The summed E-state index contributed by atoms with van der Waals surface area (Å²) >= 11 is 1.43. The van der Waals surface area contributed by atoms with E-state index in [4.69, 9.17) is 5.73 Å². The van der Waals surface area contributed by atoms with Crippen molar-refractivity contribution in [2.45, 2.75) is 25.5 Å². The Labute approximate surface area is 86.6 Å². The van der Waals surface area contributed by atoms with Crippen LogP contribution < -0.4 is 5.73 Å². The van der Waals surface area contributed by atoms with Crippen LogP contribution in [-0.4, -0.2) is 39.4 Å². The summed E-state index contributed by atoms with van der Waals surface area (Å²) in [6, 6.07) is 0. The third kappa shape index (κ3) is 2.40. The first-order valence-electron chi connectivity index (χ1n) is 4.72. The van der Waals surface area contributed by atoms with Crippen molar-refractivity contribution >= 4 is 16.5 Å². The maximum Gasteiger partial charge on any atom is 0.203 e. The monoisotopic (exact) mass is 214 g/mol. The number of nitrogen functional groups attached to an aromatic ring is 1. The van der Waals surface area contributed by atoms with Gasteiger partial charge >= 0.3 is 0 Å². The van der Waals surface area contributed by atoms with Crippen LogP contribution in [0.2, 0.25) is 0 Å². The second-order valence-corrected chi connectivity index (χ2v) is 4.64. The van der Waals surface area contributed by atoms with E-state index < -0.39 is 0 Å². The summed E-state index contributed by atoms with van der Waals surface area (Å²) in [6.07, 6.45) is 1.59. The molecule has 1 aliphatic rings. The second kappa shape index (κ2) is 4.20. The largest absolute Gasteiger partial charge is 0.393 e. The minimum absolute atomic E-state index is 0.120. The van der Waals surface area contributed by atoms with E-state index in [0.29, 0.717) is 5.13 Å². The van der Waals surface area contributed by atoms with Crippen molar-refractivity contribution < 1.29 is 5.11 Å². The highest BCUT2D eigenvalue weighted by Gasteiger charge is 2.17. The number of anilines is 1. The Morgan fingerprint density at radius 1 is 1.43 bits per heavy atom. The highest BCUT2D eigenvalue weighted by Crippen LogP contribution is 2.16. The summed E-state index contributed by atoms with van der Waals surface area (Å²) in [5, 5.41) is 18.5. The van der Waals surface area contributed by atoms with Crippen LogP contribution in [0.5, 0.6) is 0 Å². The Morgan fingerprint density at radius 2 is 2.14 bits per heavy atom. The first-order chi connectivity index (χ1) is 6.74. The van der Waals surface area contributed by atoms with Gasteiger partial charge in [0.2, 0.25) is 5.13 Å². The van der Waals surface area contributed by atoms with Gasteiger partial charge in [-0.1, -0.05) is 11.3 Å². The summed E-state index contributed by atoms with van der Waals surface area (Å²) in [6.45, 7) is 2.67. The van der Waals surface area contributed by atoms with E-state index >= 15 is 0 Å². The first-order valence-corrected chi connectivity index (χ1v) is 5.54. The van der Waals surface area contributed by atoms with Crippen LogP contribution in [0.1, 0.15) is 17.8 Å². The molecule has 0 spiro atoms. The van der Waals surface area contributed by atoms with Crippen molar-refractivity contribution in [2.24, 2.45) is 0 Å². The van der Waals surface area contributed by atoms with Crippen molar-refractivity contribution in [3.05, 3.63) is 5.01 Å². The average molecular weight is 214 g/mol. The van der Waals surface area contributed by atoms with Crippen molar-refractivity contribution in [1.29, 1.82) is 0 Å². The Morgan fingerprint density at radius 3 is 2.71 bits per heavy atom. The van der Waals surface area contributed by atoms with E-state index in [1.165, 1.54) is 11.3 Å². The number of aliphatic hydroxyl groups excluding tert-OH is 1. The summed E-state index contributed by atoms with van der Waals surface area (Å²) in [4.78, 5) is 2.27. The predicted molar refractivity (Wildman–Crippen MR) is 54.8 cm³/mol. The number of likely N-dealkylation sites (tertiary alicyclic amines) is 1. The number of nitrogens with zero attached hydrogens (tertiary/aromatic N) is 3. The van der Waals surface area contributed by atoms with Crippen LogP contribution in [-0.2, 0) is 6.54 Å². The third-order valence-corrected chi connectivity index (χ3v) is 3.14. The molecule has 0 atom stereocenters. The number of nitrogens with two attached hydrogens (primary N) is 1. The molecule has 6 heteroatoms. The summed E-state index contributed by atoms with van der Waals surface area (Å²) in [5.41, 5.74) is 5.49. The molecule has 5 nitrogen and oxygen atoms in total. The molecule has 2 heterocycles. The van der Waals surface area contributed by atoms with Crippen LogP contribution >= 0.6 is 11.3 Å².